The summed E-state index contributed by atoms with van der Waals surface area (Å²) in [7, 11) is 0. The molecule has 17 heavy (non-hydrogen) atoms. The molecule has 0 saturated carbocycles. The second-order valence-electron chi connectivity index (χ2n) is 5.65. The van der Waals surface area contributed by atoms with Crippen molar-refractivity contribution in [1.82, 2.24) is 4.90 Å². The number of likely N-dealkylation sites (tertiary alicyclic amines) is 1. The minimum Gasteiger partial charge on any atom is -0.481 e. The van der Waals surface area contributed by atoms with Gasteiger partial charge >= 0.3 is 5.97 Å². The highest BCUT2D eigenvalue weighted by molar-refractivity contribution is 5.70. The van der Waals surface area contributed by atoms with Crippen molar-refractivity contribution in [2.24, 2.45) is 5.41 Å². The van der Waals surface area contributed by atoms with Crippen LogP contribution in [0.4, 0.5) is 0 Å². The lowest BCUT2D eigenvalue weighted by atomic mass is 9.84. The predicted octanol–water partition coefficient (Wildman–Crippen LogP) is 2.16. The third kappa shape index (κ3) is 3.07. The molecule has 1 saturated heterocycles. The fourth-order valence-corrected chi connectivity index (χ4v) is 2.56. The van der Waals surface area contributed by atoms with Crippen LogP contribution in [0.5, 0.6) is 0 Å². The monoisotopic (exact) mass is 233 g/mol. The number of rotatable bonds is 4. The predicted molar refractivity (Wildman–Crippen MR) is 66.8 cm³/mol. The van der Waals surface area contributed by atoms with Gasteiger partial charge in [-0.2, -0.15) is 0 Å². The van der Waals surface area contributed by atoms with E-state index in [2.05, 4.69) is 18.7 Å². The Hall–Kier alpha value is -1.35. The Morgan fingerprint density at radius 1 is 1.29 bits per heavy atom. The maximum atomic E-state index is 10.8. The van der Waals surface area contributed by atoms with Crippen LogP contribution in [0.2, 0.25) is 0 Å². The summed E-state index contributed by atoms with van der Waals surface area (Å²) in [4.78, 5) is 13.1. The molecule has 1 aliphatic rings. The average molecular weight is 233 g/mol. The third-order valence-electron chi connectivity index (χ3n) is 3.16. The minimum absolute atomic E-state index is 0.118. The van der Waals surface area contributed by atoms with Gasteiger partial charge in [0.15, 0.2) is 0 Å². The second kappa shape index (κ2) is 4.49. The van der Waals surface area contributed by atoms with E-state index >= 15 is 0 Å². The van der Waals surface area contributed by atoms with Crippen molar-refractivity contribution in [2.45, 2.75) is 26.8 Å². The number of aliphatic carboxylic acids is 1. The van der Waals surface area contributed by atoms with Gasteiger partial charge in [0.25, 0.3) is 0 Å². The van der Waals surface area contributed by atoms with Crippen molar-refractivity contribution in [3.8, 4) is 0 Å². The molecule has 2 rings (SSSR count). The van der Waals surface area contributed by atoms with Crippen LogP contribution in [0.3, 0.4) is 0 Å². The number of nitrogens with zero attached hydrogens (tertiary/aromatic N) is 1. The minimum atomic E-state index is -0.763. The summed E-state index contributed by atoms with van der Waals surface area (Å²) in [5.41, 5.74) is 2.50. The molecule has 1 aromatic rings. The Labute approximate surface area is 102 Å². The summed E-state index contributed by atoms with van der Waals surface area (Å²) >= 11 is 0. The van der Waals surface area contributed by atoms with E-state index < -0.39 is 5.97 Å². The Balaban J connectivity index is 2.03. The molecule has 1 fully saturated rings. The summed E-state index contributed by atoms with van der Waals surface area (Å²) < 4.78 is 0. The molecule has 0 amide bonds. The second-order valence-corrected chi connectivity index (χ2v) is 5.65. The highest BCUT2D eigenvalue weighted by Gasteiger charge is 2.33. The highest BCUT2D eigenvalue weighted by atomic mass is 16.4. The van der Waals surface area contributed by atoms with Crippen molar-refractivity contribution >= 4 is 5.97 Å². The maximum Gasteiger partial charge on any atom is 0.307 e. The lowest BCUT2D eigenvalue weighted by molar-refractivity contribution is -0.136. The molecule has 1 aliphatic heterocycles. The quantitative estimate of drug-likeness (QED) is 0.866. The zero-order valence-corrected chi connectivity index (χ0v) is 10.4. The van der Waals surface area contributed by atoms with Gasteiger partial charge in [0.05, 0.1) is 6.42 Å². The van der Waals surface area contributed by atoms with Crippen LogP contribution in [0.15, 0.2) is 24.3 Å². The first-order valence-corrected chi connectivity index (χ1v) is 5.97. The van der Waals surface area contributed by atoms with Gasteiger partial charge in [-0.1, -0.05) is 38.1 Å². The van der Waals surface area contributed by atoms with Gasteiger partial charge in [0.1, 0.15) is 0 Å². The van der Waals surface area contributed by atoms with Crippen molar-refractivity contribution in [2.75, 3.05) is 13.1 Å². The SMILES string of the molecule is CC1(C)CN(Cc2ccccc2CC(=O)O)C1. The lowest BCUT2D eigenvalue weighted by Crippen LogP contribution is -2.52. The zero-order valence-electron chi connectivity index (χ0n) is 10.4. The van der Waals surface area contributed by atoms with Crippen molar-refractivity contribution < 1.29 is 9.90 Å². The molecule has 0 aromatic heterocycles. The molecule has 3 heteroatoms. The molecule has 0 radical (unpaired) electrons. The molecule has 1 heterocycles. The standard InChI is InChI=1S/C14H19NO2/c1-14(2)9-15(10-14)8-12-6-4-3-5-11(12)7-13(16)17/h3-6H,7-10H2,1-2H3,(H,16,17). The van der Waals surface area contributed by atoms with Gasteiger partial charge in [-0.15, -0.1) is 0 Å². The molecule has 0 atom stereocenters. The number of benzene rings is 1. The Morgan fingerprint density at radius 2 is 1.88 bits per heavy atom. The number of carbonyl (C=O) groups is 1. The van der Waals surface area contributed by atoms with E-state index in [9.17, 15) is 4.79 Å². The van der Waals surface area contributed by atoms with Crippen LogP contribution < -0.4 is 0 Å². The van der Waals surface area contributed by atoms with E-state index in [0.717, 1.165) is 30.8 Å². The molecule has 92 valence electrons. The molecule has 0 bridgehead atoms. The van der Waals surface area contributed by atoms with E-state index in [0.29, 0.717) is 5.41 Å². The molecule has 3 nitrogen and oxygen atoms in total. The van der Waals surface area contributed by atoms with Crippen molar-refractivity contribution in [1.29, 1.82) is 0 Å². The van der Waals surface area contributed by atoms with Crippen LogP contribution in [-0.4, -0.2) is 29.1 Å². The summed E-state index contributed by atoms with van der Waals surface area (Å²) in [6.45, 7) is 7.56. The number of carboxylic acid groups (broad SMARTS) is 1. The maximum absolute atomic E-state index is 10.8. The fraction of sp³-hybridized carbons (Fsp3) is 0.500. The normalized spacial score (nSPS) is 18.7. The molecular formula is C14H19NO2. The summed E-state index contributed by atoms with van der Waals surface area (Å²) in [6, 6.07) is 7.82. The smallest absolute Gasteiger partial charge is 0.307 e. The molecule has 0 unspecified atom stereocenters. The first-order chi connectivity index (χ1) is 7.96. The Morgan fingerprint density at radius 3 is 2.41 bits per heavy atom. The van der Waals surface area contributed by atoms with Gasteiger partial charge in [-0.25, -0.2) is 0 Å². The third-order valence-corrected chi connectivity index (χ3v) is 3.16. The molecule has 0 spiro atoms. The van der Waals surface area contributed by atoms with Gasteiger partial charge < -0.3 is 5.11 Å². The highest BCUT2D eigenvalue weighted by Crippen LogP contribution is 2.30. The Bertz CT molecular complexity index is 418. The van der Waals surface area contributed by atoms with E-state index in [1.54, 1.807) is 0 Å². The van der Waals surface area contributed by atoms with E-state index in [4.69, 9.17) is 5.11 Å². The number of carboxylic acids is 1. The largest absolute Gasteiger partial charge is 0.481 e. The van der Waals surface area contributed by atoms with Crippen LogP contribution in [-0.2, 0) is 17.8 Å². The molecule has 1 N–H and O–H groups in total. The summed E-state index contributed by atoms with van der Waals surface area (Å²) in [6.07, 6.45) is 0.118. The van der Waals surface area contributed by atoms with Crippen LogP contribution >= 0.6 is 0 Å². The Kier molecular flexibility index (Phi) is 3.20. The van der Waals surface area contributed by atoms with Crippen LogP contribution in [0.25, 0.3) is 0 Å². The van der Waals surface area contributed by atoms with Crippen LogP contribution in [0.1, 0.15) is 25.0 Å². The van der Waals surface area contributed by atoms with E-state index in [-0.39, 0.29) is 6.42 Å². The van der Waals surface area contributed by atoms with Crippen LogP contribution in [0, 0.1) is 5.41 Å². The molecular weight excluding hydrogens is 214 g/mol. The molecule has 0 aliphatic carbocycles. The van der Waals surface area contributed by atoms with E-state index in [1.165, 1.54) is 0 Å². The number of hydrogen-bond donors (Lipinski definition) is 1. The zero-order chi connectivity index (χ0) is 12.5. The van der Waals surface area contributed by atoms with Gasteiger partial charge in [0.2, 0.25) is 0 Å². The van der Waals surface area contributed by atoms with Gasteiger partial charge in [0, 0.05) is 19.6 Å². The first kappa shape index (κ1) is 12.1. The summed E-state index contributed by atoms with van der Waals surface area (Å²) in [5, 5.41) is 8.87. The molecule has 1 aromatic carbocycles. The van der Waals surface area contributed by atoms with Crippen molar-refractivity contribution in [3.63, 3.8) is 0 Å². The lowest BCUT2D eigenvalue weighted by Gasteiger charge is -2.46. The number of hydrogen-bond acceptors (Lipinski definition) is 2. The van der Waals surface area contributed by atoms with Gasteiger partial charge in [-0.05, 0) is 16.5 Å². The average Bonchev–Trinajstić information content (AvgIpc) is 2.17. The van der Waals surface area contributed by atoms with Gasteiger partial charge in [-0.3, -0.25) is 9.69 Å². The first-order valence-electron chi connectivity index (χ1n) is 5.97. The fourth-order valence-electron chi connectivity index (χ4n) is 2.56. The van der Waals surface area contributed by atoms with E-state index in [1.807, 2.05) is 24.3 Å². The topological polar surface area (TPSA) is 40.5 Å². The van der Waals surface area contributed by atoms with Crippen molar-refractivity contribution in [3.05, 3.63) is 35.4 Å². The summed E-state index contributed by atoms with van der Waals surface area (Å²) in [5.74, 6) is -0.763.